The van der Waals surface area contributed by atoms with Crippen molar-refractivity contribution in [3.63, 3.8) is 0 Å². The average molecular weight is 249 g/mol. The van der Waals surface area contributed by atoms with Gasteiger partial charge in [-0.2, -0.15) is 0 Å². The van der Waals surface area contributed by atoms with Gasteiger partial charge in [-0.3, -0.25) is 4.79 Å². The summed E-state index contributed by atoms with van der Waals surface area (Å²) in [7, 11) is 0. The molecule has 2 aromatic rings. The highest BCUT2D eigenvalue weighted by Crippen LogP contribution is 2.14. The second-order valence-electron chi connectivity index (χ2n) is 3.35. The van der Waals surface area contributed by atoms with Gasteiger partial charge in [0.25, 0.3) is 5.91 Å². The Bertz CT molecular complexity index is 540. The molecule has 1 amide bonds. The van der Waals surface area contributed by atoms with Gasteiger partial charge in [0.15, 0.2) is 0 Å². The van der Waals surface area contributed by atoms with Crippen molar-refractivity contribution in [3.8, 4) is 5.75 Å². The van der Waals surface area contributed by atoms with Crippen LogP contribution in [0.4, 0.5) is 5.69 Å². The molecule has 17 heavy (non-hydrogen) atoms. The van der Waals surface area contributed by atoms with Crippen LogP contribution in [-0.2, 0) is 0 Å². The van der Waals surface area contributed by atoms with Crippen LogP contribution in [0.5, 0.6) is 5.75 Å². The van der Waals surface area contributed by atoms with Crippen LogP contribution >= 0.6 is 11.6 Å². The molecule has 0 atom stereocenters. The third-order valence-corrected chi connectivity index (χ3v) is 2.28. The zero-order valence-electron chi connectivity index (χ0n) is 8.72. The number of phenols is 1. The van der Waals surface area contributed by atoms with Crippen LogP contribution in [0.2, 0.25) is 5.15 Å². The van der Waals surface area contributed by atoms with Crippen LogP contribution in [0.3, 0.4) is 0 Å². The first-order valence-corrected chi connectivity index (χ1v) is 5.26. The van der Waals surface area contributed by atoms with E-state index in [0.717, 1.165) is 0 Å². The zero-order chi connectivity index (χ0) is 12.3. The number of pyridine rings is 1. The minimum atomic E-state index is -0.349. The molecule has 0 saturated heterocycles. The molecule has 0 unspecified atom stereocenters. The Kier molecular flexibility index (Phi) is 3.25. The fourth-order valence-electron chi connectivity index (χ4n) is 1.27. The molecule has 0 aliphatic carbocycles. The van der Waals surface area contributed by atoms with Crippen molar-refractivity contribution in [3.05, 3.63) is 53.3 Å². The third kappa shape index (κ3) is 2.95. The lowest BCUT2D eigenvalue weighted by Crippen LogP contribution is -2.13. The minimum Gasteiger partial charge on any atom is -0.508 e. The van der Waals surface area contributed by atoms with Crippen LogP contribution in [0.15, 0.2) is 42.5 Å². The monoisotopic (exact) mass is 248 g/mol. The molecule has 4 nitrogen and oxygen atoms in total. The van der Waals surface area contributed by atoms with Gasteiger partial charge in [0.2, 0.25) is 0 Å². The van der Waals surface area contributed by atoms with E-state index in [2.05, 4.69) is 10.3 Å². The van der Waals surface area contributed by atoms with Crippen molar-refractivity contribution in [1.82, 2.24) is 4.98 Å². The summed E-state index contributed by atoms with van der Waals surface area (Å²) in [5, 5.41) is 12.0. The molecular formula is C12H9ClN2O2. The first kappa shape index (κ1) is 11.4. The number of halogens is 1. The summed E-state index contributed by atoms with van der Waals surface area (Å²) in [5.41, 5.74) is 0.820. The summed E-state index contributed by atoms with van der Waals surface area (Å²) in [6.07, 6.45) is 0. The van der Waals surface area contributed by atoms with Gasteiger partial charge in [0, 0.05) is 5.69 Å². The van der Waals surface area contributed by atoms with Gasteiger partial charge < -0.3 is 10.4 Å². The Hall–Kier alpha value is -2.07. The van der Waals surface area contributed by atoms with Crippen LogP contribution in [-0.4, -0.2) is 16.0 Å². The van der Waals surface area contributed by atoms with Gasteiger partial charge >= 0.3 is 0 Å². The van der Waals surface area contributed by atoms with Crippen LogP contribution in [0.1, 0.15) is 10.5 Å². The lowest BCUT2D eigenvalue weighted by atomic mass is 10.3. The fraction of sp³-hybridized carbons (Fsp3) is 0. The van der Waals surface area contributed by atoms with Gasteiger partial charge in [0.1, 0.15) is 16.6 Å². The second kappa shape index (κ2) is 4.84. The molecule has 0 aliphatic rings. The number of benzene rings is 1. The number of hydrogen-bond acceptors (Lipinski definition) is 3. The van der Waals surface area contributed by atoms with Crippen molar-refractivity contribution in [2.75, 3.05) is 5.32 Å². The minimum absolute atomic E-state index is 0.142. The average Bonchev–Trinajstić information content (AvgIpc) is 2.32. The van der Waals surface area contributed by atoms with Crippen LogP contribution < -0.4 is 5.32 Å². The summed E-state index contributed by atoms with van der Waals surface area (Å²) in [6, 6.07) is 11.0. The lowest BCUT2D eigenvalue weighted by molar-refractivity contribution is 0.102. The highest BCUT2D eigenvalue weighted by atomic mass is 35.5. The SMILES string of the molecule is O=C(Nc1ccc(O)cc1)c1cccc(Cl)n1. The van der Waals surface area contributed by atoms with E-state index in [1.807, 2.05) is 0 Å². The third-order valence-electron chi connectivity index (χ3n) is 2.07. The number of nitrogens with zero attached hydrogens (tertiary/aromatic N) is 1. The Morgan fingerprint density at radius 3 is 2.53 bits per heavy atom. The molecule has 2 N–H and O–H groups in total. The van der Waals surface area contributed by atoms with Gasteiger partial charge in [-0.05, 0) is 36.4 Å². The van der Waals surface area contributed by atoms with Crippen LogP contribution in [0.25, 0.3) is 0 Å². The standard InChI is InChI=1S/C12H9ClN2O2/c13-11-3-1-2-10(15-11)12(17)14-8-4-6-9(16)7-5-8/h1-7,16H,(H,14,17). The summed E-state index contributed by atoms with van der Waals surface area (Å²) in [5.74, 6) is -0.206. The van der Waals surface area contributed by atoms with Crippen molar-refractivity contribution in [2.24, 2.45) is 0 Å². The molecule has 86 valence electrons. The predicted molar refractivity (Wildman–Crippen MR) is 65.3 cm³/mol. The van der Waals surface area contributed by atoms with E-state index in [9.17, 15) is 4.79 Å². The number of aromatic nitrogens is 1. The molecule has 0 saturated carbocycles. The number of rotatable bonds is 2. The Morgan fingerprint density at radius 2 is 1.88 bits per heavy atom. The molecule has 0 bridgehead atoms. The van der Waals surface area contributed by atoms with Crippen molar-refractivity contribution in [1.29, 1.82) is 0 Å². The van der Waals surface area contributed by atoms with Gasteiger partial charge in [-0.1, -0.05) is 17.7 Å². The van der Waals surface area contributed by atoms with Crippen LogP contribution in [0, 0.1) is 0 Å². The molecule has 1 aromatic heterocycles. The number of carbonyl (C=O) groups excluding carboxylic acids is 1. The first-order valence-electron chi connectivity index (χ1n) is 4.88. The number of carbonyl (C=O) groups is 1. The van der Waals surface area contributed by atoms with E-state index >= 15 is 0 Å². The molecule has 1 heterocycles. The molecule has 2 rings (SSSR count). The van der Waals surface area contributed by atoms with E-state index in [1.165, 1.54) is 12.1 Å². The number of phenolic OH excluding ortho intramolecular Hbond substituents is 1. The first-order chi connectivity index (χ1) is 8.15. The number of hydrogen-bond donors (Lipinski definition) is 2. The highest BCUT2D eigenvalue weighted by Gasteiger charge is 2.07. The second-order valence-corrected chi connectivity index (χ2v) is 3.73. The summed E-state index contributed by atoms with van der Waals surface area (Å²) >= 11 is 5.69. The largest absolute Gasteiger partial charge is 0.508 e. The molecule has 1 aromatic carbocycles. The molecule has 0 aliphatic heterocycles. The molecule has 5 heteroatoms. The zero-order valence-corrected chi connectivity index (χ0v) is 9.48. The predicted octanol–water partition coefficient (Wildman–Crippen LogP) is 2.69. The number of aromatic hydroxyl groups is 1. The molecule has 0 fully saturated rings. The molecule has 0 spiro atoms. The number of anilines is 1. The number of nitrogens with one attached hydrogen (secondary N) is 1. The molecule has 0 radical (unpaired) electrons. The van der Waals surface area contributed by atoms with Crippen molar-refractivity contribution >= 4 is 23.2 Å². The highest BCUT2D eigenvalue weighted by molar-refractivity contribution is 6.29. The summed E-state index contributed by atoms with van der Waals surface area (Å²) < 4.78 is 0. The van der Waals surface area contributed by atoms with Gasteiger partial charge in [0.05, 0.1) is 0 Å². The van der Waals surface area contributed by atoms with Crippen molar-refractivity contribution < 1.29 is 9.90 Å². The maximum absolute atomic E-state index is 11.8. The van der Waals surface area contributed by atoms with E-state index in [4.69, 9.17) is 16.7 Å². The Morgan fingerprint density at radius 1 is 1.18 bits per heavy atom. The number of amides is 1. The lowest BCUT2D eigenvalue weighted by Gasteiger charge is -2.04. The smallest absolute Gasteiger partial charge is 0.274 e. The topological polar surface area (TPSA) is 62.2 Å². The summed E-state index contributed by atoms with van der Waals surface area (Å²) in [4.78, 5) is 15.6. The van der Waals surface area contributed by atoms with Crippen molar-refractivity contribution in [2.45, 2.75) is 0 Å². The maximum atomic E-state index is 11.8. The molecular weight excluding hydrogens is 240 g/mol. The Balaban J connectivity index is 2.14. The van der Waals surface area contributed by atoms with E-state index in [0.29, 0.717) is 5.69 Å². The van der Waals surface area contributed by atoms with E-state index in [-0.39, 0.29) is 22.5 Å². The van der Waals surface area contributed by atoms with Gasteiger partial charge in [-0.25, -0.2) is 4.98 Å². The fourth-order valence-corrected chi connectivity index (χ4v) is 1.44. The van der Waals surface area contributed by atoms with E-state index < -0.39 is 0 Å². The Labute approximate surface area is 103 Å². The normalized spacial score (nSPS) is 9.94. The quantitative estimate of drug-likeness (QED) is 0.634. The summed E-state index contributed by atoms with van der Waals surface area (Å²) in [6.45, 7) is 0. The van der Waals surface area contributed by atoms with Gasteiger partial charge in [-0.15, -0.1) is 0 Å². The maximum Gasteiger partial charge on any atom is 0.274 e. The van der Waals surface area contributed by atoms with E-state index in [1.54, 1.807) is 30.3 Å².